The van der Waals surface area contributed by atoms with Crippen LogP contribution in [0.5, 0.6) is 0 Å². The molecule has 0 aliphatic rings. The highest BCUT2D eigenvalue weighted by atomic mass is 32.2. The van der Waals surface area contributed by atoms with Crippen molar-refractivity contribution >= 4 is 33.8 Å². The average Bonchev–Trinajstić information content (AvgIpc) is 2.98. The van der Waals surface area contributed by atoms with Crippen molar-refractivity contribution in [3.8, 4) is 0 Å². The number of Topliss-reactive ketones (excluding diaryl/α,β-unsaturated/α-hetero) is 1. The zero-order chi connectivity index (χ0) is 34.6. The number of nitrogens with one attached hydrogen (secondary N) is 2. The second-order valence-corrected chi connectivity index (χ2v) is 13.8. The highest BCUT2D eigenvalue weighted by molar-refractivity contribution is 7.85. The molecule has 45 heavy (non-hydrogen) atoms. The SMILES string of the molecule is CC(C)C[C@@H](C(=O)NN)[C@H](C(=O)NO)C(/C=C/c1ccccc1)(CC(C)(C)CO)C(=O)[C@@H](C)N.Cc1ccc(S(=O)(=O)O)cc1. The van der Waals surface area contributed by atoms with Crippen LogP contribution in [0.25, 0.3) is 6.08 Å². The molecule has 2 amide bonds. The van der Waals surface area contributed by atoms with Crippen LogP contribution >= 0.6 is 0 Å². The van der Waals surface area contributed by atoms with E-state index in [0.717, 1.165) is 11.1 Å². The van der Waals surface area contributed by atoms with Gasteiger partial charge in [0.2, 0.25) is 11.8 Å². The molecule has 0 saturated carbocycles. The summed E-state index contributed by atoms with van der Waals surface area (Å²) >= 11 is 0. The lowest BCUT2D eigenvalue weighted by Gasteiger charge is -2.44. The molecule has 2 aromatic rings. The molecule has 4 atom stereocenters. The minimum atomic E-state index is -4.02. The van der Waals surface area contributed by atoms with E-state index in [1.54, 1.807) is 43.6 Å². The van der Waals surface area contributed by atoms with E-state index in [1.165, 1.54) is 19.1 Å². The molecule has 9 N–H and O–H groups in total. The minimum Gasteiger partial charge on any atom is -0.396 e. The van der Waals surface area contributed by atoms with Crippen molar-refractivity contribution in [1.29, 1.82) is 0 Å². The molecule has 0 radical (unpaired) electrons. The van der Waals surface area contributed by atoms with Crippen molar-refractivity contribution in [3.63, 3.8) is 0 Å². The monoisotopic (exact) mass is 648 g/mol. The number of hydrogen-bond donors (Lipinski definition) is 7. The summed E-state index contributed by atoms with van der Waals surface area (Å²) in [6.07, 6.45) is 3.49. The number of hydroxylamine groups is 1. The Labute approximate surface area is 266 Å². The van der Waals surface area contributed by atoms with Crippen LogP contribution in [0, 0.1) is 35.5 Å². The number of carbonyl (C=O) groups is 3. The maximum absolute atomic E-state index is 13.9. The molecule has 2 rings (SSSR count). The van der Waals surface area contributed by atoms with Gasteiger partial charge in [0.1, 0.15) is 0 Å². The Morgan fingerprint density at radius 3 is 1.96 bits per heavy atom. The van der Waals surface area contributed by atoms with E-state index in [1.807, 2.05) is 51.1 Å². The Balaban J connectivity index is 0.000000768. The lowest BCUT2D eigenvalue weighted by Crippen LogP contribution is -2.57. The van der Waals surface area contributed by atoms with Gasteiger partial charge in [-0.05, 0) is 55.7 Å². The number of allylic oxidation sites excluding steroid dienone is 1. The molecule has 0 bridgehead atoms. The zero-order valence-corrected chi connectivity index (χ0v) is 27.5. The van der Waals surface area contributed by atoms with Gasteiger partial charge in [-0.3, -0.25) is 29.6 Å². The average molecular weight is 649 g/mol. The van der Waals surface area contributed by atoms with Crippen LogP contribution in [0.4, 0.5) is 0 Å². The van der Waals surface area contributed by atoms with Crippen molar-refractivity contribution in [2.45, 2.75) is 65.3 Å². The van der Waals surface area contributed by atoms with Crippen LogP contribution in [0.3, 0.4) is 0 Å². The van der Waals surface area contributed by atoms with Crippen LogP contribution in [0.15, 0.2) is 65.6 Å². The number of aliphatic hydroxyl groups excluding tert-OH is 1. The Hall–Kier alpha value is -3.46. The fourth-order valence-electron chi connectivity index (χ4n) is 5.24. The lowest BCUT2D eigenvalue weighted by atomic mass is 9.58. The zero-order valence-electron chi connectivity index (χ0n) is 26.7. The number of aliphatic hydroxyl groups is 1. The van der Waals surface area contributed by atoms with Gasteiger partial charge in [0.05, 0.1) is 28.2 Å². The van der Waals surface area contributed by atoms with Crippen LogP contribution in [-0.2, 0) is 24.5 Å². The molecular weight excluding hydrogens is 600 g/mol. The number of aryl methyl sites for hydroxylation is 1. The first-order valence-electron chi connectivity index (χ1n) is 14.5. The summed E-state index contributed by atoms with van der Waals surface area (Å²) in [5.41, 5.74) is 9.07. The second kappa shape index (κ2) is 17.3. The van der Waals surface area contributed by atoms with E-state index >= 15 is 0 Å². The number of benzene rings is 2. The summed E-state index contributed by atoms with van der Waals surface area (Å²) in [6, 6.07) is 14.1. The van der Waals surface area contributed by atoms with Crippen molar-refractivity contribution in [1.82, 2.24) is 10.9 Å². The fraction of sp³-hybridized carbons (Fsp3) is 0.469. The van der Waals surface area contributed by atoms with E-state index in [9.17, 15) is 33.1 Å². The quantitative estimate of drug-likeness (QED) is 0.0521. The van der Waals surface area contributed by atoms with Gasteiger partial charge >= 0.3 is 0 Å². The molecular formula is C32H48N4O8S. The van der Waals surface area contributed by atoms with Gasteiger partial charge in [0.15, 0.2) is 5.78 Å². The maximum atomic E-state index is 13.9. The topological polar surface area (TPSA) is 222 Å². The molecule has 13 heteroatoms. The molecule has 12 nitrogen and oxygen atoms in total. The number of hydrogen-bond acceptors (Lipinski definition) is 9. The Morgan fingerprint density at radius 2 is 1.53 bits per heavy atom. The maximum Gasteiger partial charge on any atom is 0.294 e. The van der Waals surface area contributed by atoms with Gasteiger partial charge in [-0.1, -0.05) is 87.9 Å². The fourth-order valence-corrected chi connectivity index (χ4v) is 5.72. The molecule has 0 heterocycles. The second-order valence-electron chi connectivity index (χ2n) is 12.4. The molecule has 0 aromatic heterocycles. The molecule has 0 aliphatic heterocycles. The van der Waals surface area contributed by atoms with E-state index < -0.39 is 56.4 Å². The number of rotatable bonds is 14. The van der Waals surface area contributed by atoms with Crippen molar-refractivity contribution in [2.75, 3.05) is 6.61 Å². The van der Waals surface area contributed by atoms with Crippen molar-refractivity contribution in [3.05, 3.63) is 71.8 Å². The summed E-state index contributed by atoms with van der Waals surface area (Å²) in [5.74, 6) is 0.972. The third-order valence-electron chi connectivity index (χ3n) is 7.32. The van der Waals surface area contributed by atoms with Crippen LogP contribution < -0.4 is 22.5 Å². The molecule has 250 valence electrons. The largest absolute Gasteiger partial charge is 0.396 e. The molecule has 0 spiro atoms. The number of carbonyl (C=O) groups excluding carboxylic acids is 3. The van der Waals surface area contributed by atoms with Gasteiger partial charge in [0.25, 0.3) is 10.1 Å². The Kier molecular flexibility index (Phi) is 15.2. The van der Waals surface area contributed by atoms with E-state index in [2.05, 4.69) is 5.43 Å². The normalized spacial score (nSPS) is 15.3. The van der Waals surface area contributed by atoms with Gasteiger partial charge in [-0.2, -0.15) is 8.42 Å². The van der Waals surface area contributed by atoms with E-state index in [-0.39, 0.29) is 30.3 Å². The van der Waals surface area contributed by atoms with Crippen LogP contribution in [0.1, 0.15) is 58.6 Å². The first kappa shape index (κ1) is 39.6. The number of ketones is 1. The number of amides is 2. The summed E-state index contributed by atoms with van der Waals surface area (Å²) in [4.78, 5) is 40.0. The molecule has 2 aromatic carbocycles. The predicted octanol–water partition coefficient (Wildman–Crippen LogP) is 3.03. The van der Waals surface area contributed by atoms with Gasteiger partial charge in [0, 0.05) is 6.61 Å². The summed E-state index contributed by atoms with van der Waals surface area (Å²) < 4.78 is 29.6. The molecule has 1 unspecified atom stereocenters. The summed E-state index contributed by atoms with van der Waals surface area (Å²) in [5, 5.41) is 19.8. The van der Waals surface area contributed by atoms with Gasteiger partial charge < -0.3 is 10.8 Å². The summed E-state index contributed by atoms with van der Waals surface area (Å²) in [6.45, 7) is 10.3. The summed E-state index contributed by atoms with van der Waals surface area (Å²) in [7, 11) is -4.02. The Bertz CT molecular complexity index is 1390. The van der Waals surface area contributed by atoms with Crippen LogP contribution in [-0.4, -0.2) is 53.5 Å². The van der Waals surface area contributed by atoms with Crippen molar-refractivity contribution < 1.29 is 37.7 Å². The lowest BCUT2D eigenvalue weighted by molar-refractivity contribution is -0.152. The third kappa shape index (κ3) is 11.8. The smallest absolute Gasteiger partial charge is 0.294 e. The van der Waals surface area contributed by atoms with Gasteiger partial charge in [-0.15, -0.1) is 0 Å². The number of hydrazine groups is 1. The van der Waals surface area contributed by atoms with Crippen LogP contribution in [0.2, 0.25) is 0 Å². The first-order valence-corrected chi connectivity index (χ1v) is 15.9. The molecule has 0 aliphatic carbocycles. The van der Waals surface area contributed by atoms with Crippen molar-refractivity contribution in [2.24, 2.45) is 40.2 Å². The van der Waals surface area contributed by atoms with E-state index in [4.69, 9.17) is 16.1 Å². The number of nitrogens with two attached hydrogens (primary N) is 2. The predicted molar refractivity (Wildman–Crippen MR) is 172 cm³/mol. The highest BCUT2D eigenvalue weighted by Crippen LogP contribution is 2.47. The van der Waals surface area contributed by atoms with E-state index in [0.29, 0.717) is 0 Å². The Morgan fingerprint density at radius 1 is 0.978 bits per heavy atom. The third-order valence-corrected chi connectivity index (χ3v) is 8.19. The molecule has 0 saturated heterocycles. The molecule has 0 fully saturated rings. The minimum absolute atomic E-state index is 0.00919. The first-order chi connectivity index (χ1) is 20.8. The standard InChI is InChI=1S/C25H40N4O5.C7H8O3S/c1-16(2)13-19(22(32)28-27)20(23(33)29-34)25(21(31)17(3)26,14-24(4,5)15-30)12-11-18-9-7-6-8-10-18;1-6-2-4-7(5-3-6)11(8,9)10/h6-12,16-17,19-20,30,34H,13-15,26-27H2,1-5H3,(H,28,32)(H,29,33);2-5H,1H3,(H,8,9,10)/b12-11+;/t17-,19-,20-,25?;/m1./s1. The highest BCUT2D eigenvalue weighted by Gasteiger charge is 2.54. The van der Waals surface area contributed by atoms with Gasteiger partial charge in [-0.25, -0.2) is 11.3 Å².